The maximum Gasteiger partial charge on any atom is 0.358 e. The Kier molecular flexibility index (Phi) is 4.32. The van der Waals surface area contributed by atoms with E-state index < -0.39 is 5.97 Å². The molecule has 0 saturated heterocycles. The summed E-state index contributed by atoms with van der Waals surface area (Å²) in [6.07, 6.45) is 1.32. The Balaban J connectivity index is 1.90. The van der Waals surface area contributed by atoms with Crippen LogP contribution in [0.4, 0.5) is 0 Å². The Labute approximate surface area is 121 Å². The van der Waals surface area contributed by atoms with E-state index in [1.165, 1.54) is 10.9 Å². The highest BCUT2D eigenvalue weighted by molar-refractivity contribution is 5.94. The molecular formula is C14H16N4O3. The third kappa shape index (κ3) is 3.88. The Morgan fingerprint density at radius 3 is 2.48 bits per heavy atom. The number of carbonyl (C=O) groups is 2. The maximum atomic E-state index is 12.0. The van der Waals surface area contributed by atoms with Crippen molar-refractivity contribution in [2.24, 2.45) is 0 Å². The van der Waals surface area contributed by atoms with Gasteiger partial charge in [0.15, 0.2) is 5.69 Å². The molecule has 1 amide bonds. The Hall–Kier alpha value is -2.70. The van der Waals surface area contributed by atoms with E-state index in [2.05, 4.69) is 15.6 Å². The van der Waals surface area contributed by atoms with Gasteiger partial charge in [0, 0.05) is 12.1 Å². The predicted molar refractivity (Wildman–Crippen MR) is 75.2 cm³/mol. The first-order valence-electron chi connectivity index (χ1n) is 6.45. The number of carbonyl (C=O) groups excluding carboxylic acids is 1. The van der Waals surface area contributed by atoms with Gasteiger partial charge in [-0.1, -0.05) is 22.4 Å². The van der Waals surface area contributed by atoms with Crippen molar-refractivity contribution in [1.29, 1.82) is 0 Å². The van der Waals surface area contributed by atoms with E-state index in [0.717, 1.165) is 11.1 Å². The summed E-state index contributed by atoms with van der Waals surface area (Å²) in [6, 6.07) is 5.64. The number of aryl methyl sites for hydroxylation is 2. The largest absolute Gasteiger partial charge is 0.476 e. The van der Waals surface area contributed by atoms with Gasteiger partial charge < -0.3 is 10.4 Å². The van der Waals surface area contributed by atoms with Gasteiger partial charge in [0.2, 0.25) is 0 Å². The predicted octanol–water partition coefficient (Wildman–Crippen LogP) is 1.02. The molecule has 0 unspecified atom stereocenters. The minimum Gasteiger partial charge on any atom is -0.476 e. The highest BCUT2D eigenvalue weighted by Crippen LogP contribution is 2.08. The van der Waals surface area contributed by atoms with Crippen LogP contribution in [0.25, 0.3) is 0 Å². The van der Waals surface area contributed by atoms with Gasteiger partial charge in [-0.05, 0) is 26.0 Å². The van der Waals surface area contributed by atoms with E-state index in [1.54, 1.807) is 0 Å². The van der Waals surface area contributed by atoms with Crippen LogP contribution in [0.3, 0.4) is 0 Å². The van der Waals surface area contributed by atoms with E-state index in [9.17, 15) is 9.59 Å². The lowest BCUT2D eigenvalue weighted by atomic mass is 10.1. The van der Waals surface area contributed by atoms with Crippen LogP contribution >= 0.6 is 0 Å². The van der Waals surface area contributed by atoms with Crippen molar-refractivity contribution in [2.75, 3.05) is 6.54 Å². The number of aromatic carboxylic acids is 1. The number of hydrogen-bond donors (Lipinski definition) is 2. The van der Waals surface area contributed by atoms with Crippen LogP contribution in [-0.4, -0.2) is 38.5 Å². The average Bonchev–Trinajstić information content (AvgIpc) is 2.86. The van der Waals surface area contributed by atoms with Crippen LogP contribution in [-0.2, 0) is 6.54 Å². The second kappa shape index (κ2) is 6.17. The van der Waals surface area contributed by atoms with Crippen molar-refractivity contribution in [1.82, 2.24) is 20.3 Å². The number of nitrogens with one attached hydrogen (secondary N) is 1. The summed E-state index contributed by atoms with van der Waals surface area (Å²) >= 11 is 0. The number of rotatable bonds is 5. The fraction of sp³-hybridized carbons (Fsp3) is 0.286. The highest BCUT2D eigenvalue weighted by Gasteiger charge is 2.09. The molecule has 0 bridgehead atoms. The normalized spacial score (nSPS) is 10.4. The molecule has 7 heteroatoms. The molecule has 1 heterocycles. The van der Waals surface area contributed by atoms with Crippen molar-refractivity contribution in [3.8, 4) is 0 Å². The number of benzene rings is 1. The molecule has 1 aromatic heterocycles. The summed E-state index contributed by atoms with van der Waals surface area (Å²) < 4.78 is 1.38. The van der Waals surface area contributed by atoms with Crippen LogP contribution < -0.4 is 5.32 Å². The molecule has 21 heavy (non-hydrogen) atoms. The summed E-state index contributed by atoms with van der Waals surface area (Å²) in [7, 11) is 0. The smallest absolute Gasteiger partial charge is 0.358 e. The lowest BCUT2D eigenvalue weighted by Crippen LogP contribution is -2.27. The number of hydrogen-bond acceptors (Lipinski definition) is 4. The third-order valence-corrected chi connectivity index (χ3v) is 2.87. The Bertz CT molecular complexity index is 658. The lowest BCUT2D eigenvalue weighted by Gasteiger charge is -2.07. The molecule has 0 spiro atoms. The summed E-state index contributed by atoms with van der Waals surface area (Å²) in [5, 5.41) is 18.7. The van der Waals surface area contributed by atoms with Crippen LogP contribution in [0.2, 0.25) is 0 Å². The molecule has 0 atom stereocenters. The zero-order valence-electron chi connectivity index (χ0n) is 11.8. The third-order valence-electron chi connectivity index (χ3n) is 2.87. The van der Waals surface area contributed by atoms with Gasteiger partial charge >= 0.3 is 5.97 Å². The molecule has 2 N–H and O–H groups in total. The fourth-order valence-electron chi connectivity index (χ4n) is 2.00. The van der Waals surface area contributed by atoms with Crippen LogP contribution in [0, 0.1) is 13.8 Å². The fourth-order valence-corrected chi connectivity index (χ4v) is 2.00. The molecule has 0 aliphatic heterocycles. The number of carboxylic acid groups (broad SMARTS) is 1. The standard InChI is InChI=1S/C14H16N4O3/c1-9-5-10(2)7-11(6-9)13(19)15-3-4-18-8-12(14(20)21)16-17-18/h5-8H,3-4H2,1-2H3,(H,15,19)(H,20,21). The van der Waals surface area contributed by atoms with E-state index in [-0.39, 0.29) is 11.6 Å². The first kappa shape index (κ1) is 14.7. The Morgan fingerprint density at radius 2 is 1.90 bits per heavy atom. The molecule has 7 nitrogen and oxygen atoms in total. The van der Waals surface area contributed by atoms with Crippen molar-refractivity contribution in [3.05, 3.63) is 46.8 Å². The van der Waals surface area contributed by atoms with Gasteiger partial charge in [-0.15, -0.1) is 5.10 Å². The van der Waals surface area contributed by atoms with Crippen LogP contribution in [0.5, 0.6) is 0 Å². The topological polar surface area (TPSA) is 97.1 Å². The van der Waals surface area contributed by atoms with Gasteiger partial charge in [0.05, 0.1) is 12.7 Å². The number of nitrogens with zero attached hydrogens (tertiary/aromatic N) is 3. The summed E-state index contributed by atoms with van der Waals surface area (Å²) in [5.74, 6) is -1.29. The molecule has 0 radical (unpaired) electrons. The molecule has 2 rings (SSSR count). The van der Waals surface area contributed by atoms with Gasteiger partial charge in [-0.25, -0.2) is 9.48 Å². The first-order valence-corrected chi connectivity index (χ1v) is 6.45. The van der Waals surface area contributed by atoms with E-state index in [1.807, 2.05) is 32.0 Å². The van der Waals surface area contributed by atoms with Gasteiger partial charge in [0.1, 0.15) is 0 Å². The number of carboxylic acids is 1. The molecule has 1 aromatic carbocycles. The van der Waals surface area contributed by atoms with Crippen molar-refractivity contribution < 1.29 is 14.7 Å². The second-order valence-electron chi connectivity index (χ2n) is 4.80. The Morgan fingerprint density at radius 1 is 1.24 bits per heavy atom. The van der Waals surface area contributed by atoms with Crippen LogP contribution in [0.15, 0.2) is 24.4 Å². The average molecular weight is 288 g/mol. The van der Waals surface area contributed by atoms with Crippen molar-refractivity contribution in [2.45, 2.75) is 20.4 Å². The lowest BCUT2D eigenvalue weighted by molar-refractivity contribution is 0.0690. The zero-order valence-corrected chi connectivity index (χ0v) is 11.8. The molecule has 2 aromatic rings. The van der Waals surface area contributed by atoms with E-state index >= 15 is 0 Å². The zero-order chi connectivity index (χ0) is 15.4. The highest BCUT2D eigenvalue weighted by atomic mass is 16.4. The molecule has 0 saturated carbocycles. The maximum absolute atomic E-state index is 12.0. The quantitative estimate of drug-likeness (QED) is 0.856. The minimum atomic E-state index is -1.12. The second-order valence-corrected chi connectivity index (χ2v) is 4.80. The molecular weight excluding hydrogens is 272 g/mol. The molecule has 110 valence electrons. The van der Waals surface area contributed by atoms with Gasteiger partial charge in [0.25, 0.3) is 5.91 Å². The molecule has 0 fully saturated rings. The van der Waals surface area contributed by atoms with Crippen LogP contribution in [0.1, 0.15) is 32.0 Å². The van der Waals surface area contributed by atoms with E-state index in [4.69, 9.17) is 5.11 Å². The first-order chi connectivity index (χ1) is 9.95. The van der Waals surface area contributed by atoms with Crippen molar-refractivity contribution >= 4 is 11.9 Å². The summed E-state index contributed by atoms with van der Waals surface area (Å²) in [5.41, 5.74) is 2.55. The monoisotopic (exact) mass is 288 g/mol. The molecule has 0 aliphatic rings. The molecule has 0 aliphatic carbocycles. The number of amides is 1. The van der Waals surface area contributed by atoms with E-state index in [0.29, 0.717) is 18.7 Å². The minimum absolute atomic E-state index is 0.115. The van der Waals surface area contributed by atoms with Gasteiger partial charge in [-0.3, -0.25) is 4.79 Å². The number of aromatic nitrogens is 3. The van der Waals surface area contributed by atoms with Crippen molar-refractivity contribution in [3.63, 3.8) is 0 Å². The SMILES string of the molecule is Cc1cc(C)cc(C(=O)NCCn2cc(C(=O)O)nn2)c1. The summed E-state index contributed by atoms with van der Waals surface area (Å²) in [4.78, 5) is 22.7. The van der Waals surface area contributed by atoms with Gasteiger partial charge in [-0.2, -0.15) is 0 Å². The summed E-state index contributed by atoms with van der Waals surface area (Å²) in [6.45, 7) is 4.57.